The van der Waals surface area contributed by atoms with E-state index in [9.17, 15) is 0 Å². The van der Waals surface area contributed by atoms with E-state index in [4.69, 9.17) is 13.6 Å². The second kappa shape index (κ2) is 3.93. The summed E-state index contributed by atoms with van der Waals surface area (Å²) in [5, 5.41) is 17.3. The summed E-state index contributed by atoms with van der Waals surface area (Å²) < 4.78 is 4.88. The maximum atomic E-state index is 8.68. The van der Waals surface area contributed by atoms with Crippen LogP contribution < -0.4 is 3.07 Å². The number of hydrogen-bond donors (Lipinski definition) is 0. The molecule has 0 unspecified atom stereocenters. The molecule has 0 saturated carbocycles. The van der Waals surface area contributed by atoms with Crippen LogP contribution in [0.2, 0.25) is 0 Å². The maximum absolute atomic E-state index is 8.68. The molecule has 3 nitrogen and oxygen atoms in total. The highest BCUT2D eigenvalue weighted by molar-refractivity contribution is 14.1. The lowest BCUT2D eigenvalue weighted by molar-refractivity contribution is 0.713. The third-order valence-electron chi connectivity index (χ3n) is 1.34. The van der Waals surface area contributed by atoms with Crippen LogP contribution in [-0.2, 0) is 0 Å². The van der Waals surface area contributed by atoms with Crippen molar-refractivity contribution in [3.63, 3.8) is 0 Å². The standard InChI is InChI=1S/C8H3IN2O/c9-12-8-3-1-2-6(4-10)7(8)5-11/h1-3H. The summed E-state index contributed by atoms with van der Waals surface area (Å²) in [4.78, 5) is 0. The summed E-state index contributed by atoms with van der Waals surface area (Å²) in [5.41, 5.74) is 0.626. The van der Waals surface area contributed by atoms with Gasteiger partial charge in [0.25, 0.3) is 0 Å². The quantitative estimate of drug-likeness (QED) is 0.735. The van der Waals surface area contributed by atoms with Crippen LogP contribution >= 0.6 is 23.0 Å². The van der Waals surface area contributed by atoms with Crippen LogP contribution in [0.3, 0.4) is 0 Å². The topological polar surface area (TPSA) is 56.8 Å². The molecule has 0 aliphatic rings. The van der Waals surface area contributed by atoms with Gasteiger partial charge >= 0.3 is 0 Å². The number of nitriles is 2. The molecule has 0 aliphatic heterocycles. The van der Waals surface area contributed by atoms with Crippen molar-refractivity contribution in [2.24, 2.45) is 0 Å². The molecule has 1 aromatic carbocycles. The predicted molar refractivity (Wildman–Crippen MR) is 50.5 cm³/mol. The Bertz CT molecular complexity index is 376. The van der Waals surface area contributed by atoms with Gasteiger partial charge in [0, 0.05) is 0 Å². The molecular formula is C8H3IN2O. The van der Waals surface area contributed by atoms with Crippen molar-refractivity contribution in [3.8, 4) is 17.9 Å². The van der Waals surface area contributed by atoms with E-state index in [2.05, 4.69) is 0 Å². The van der Waals surface area contributed by atoms with Gasteiger partial charge in [-0.25, -0.2) is 0 Å². The second-order valence-electron chi connectivity index (χ2n) is 1.98. The van der Waals surface area contributed by atoms with Crippen molar-refractivity contribution in [3.05, 3.63) is 29.3 Å². The average molecular weight is 270 g/mol. The fourth-order valence-electron chi connectivity index (χ4n) is 0.804. The number of nitrogens with zero attached hydrogens (tertiary/aromatic N) is 2. The summed E-state index contributed by atoms with van der Waals surface area (Å²) in [7, 11) is 0. The molecule has 1 rings (SSSR count). The molecule has 58 valence electrons. The van der Waals surface area contributed by atoms with Gasteiger partial charge in [-0.2, -0.15) is 10.5 Å². The first-order valence-corrected chi connectivity index (χ1v) is 3.93. The highest BCUT2D eigenvalue weighted by Crippen LogP contribution is 2.22. The van der Waals surface area contributed by atoms with E-state index in [-0.39, 0.29) is 5.56 Å². The van der Waals surface area contributed by atoms with E-state index in [1.807, 2.05) is 12.1 Å². The van der Waals surface area contributed by atoms with E-state index < -0.39 is 0 Å². The fraction of sp³-hybridized carbons (Fsp3) is 0. The van der Waals surface area contributed by atoms with Gasteiger partial charge in [-0.1, -0.05) is 6.07 Å². The van der Waals surface area contributed by atoms with Gasteiger partial charge in [-0.05, 0) is 12.1 Å². The van der Waals surface area contributed by atoms with Crippen LogP contribution in [0.4, 0.5) is 0 Å². The minimum absolute atomic E-state index is 0.286. The van der Waals surface area contributed by atoms with Crippen molar-refractivity contribution in [1.29, 1.82) is 10.5 Å². The van der Waals surface area contributed by atoms with E-state index in [0.717, 1.165) is 0 Å². The fourth-order valence-corrected chi connectivity index (χ4v) is 1.17. The van der Waals surface area contributed by atoms with E-state index in [1.165, 1.54) is 0 Å². The summed E-state index contributed by atoms with van der Waals surface area (Å²) in [6, 6.07) is 8.73. The Kier molecular flexibility index (Phi) is 2.89. The predicted octanol–water partition coefficient (Wildman–Crippen LogP) is 2.16. The lowest BCUT2D eigenvalue weighted by atomic mass is 10.1. The molecule has 0 radical (unpaired) electrons. The largest absolute Gasteiger partial charge is 0.426 e. The van der Waals surface area contributed by atoms with E-state index in [1.54, 1.807) is 41.2 Å². The Morgan fingerprint density at radius 1 is 1.25 bits per heavy atom. The lowest BCUT2D eigenvalue weighted by Gasteiger charge is -1.99. The third kappa shape index (κ3) is 1.49. The number of benzene rings is 1. The Morgan fingerprint density at radius 2 is 2.00 bits per heavy atom. The first-order chi connectivity index (χ1) is 5.83. The van der Waals surface area contributed by atoms with Crippen molar-refractivity contribution in [2.45, 2.75) is 0 Å². The minimum atomic E-state index is 0.286. The zero-order chi connectivity index (χ0) is 8.97. The van der Waals surface area contributed by atoms with Gasteiger partial charge in [0.1, 0.15) is 17.7 Å². The van der Waals surface area contributed by atoms with Gasteiger partial charge in [-0.3, -0.25) is 0 Å². The summed E-state index contributed by atoms with van der Waals surface area (Å²) in [6.45, 7) is 0. The highest BCUT2D eigenvalue weighted by Gasteiger charge is 2.07. The molecule has 0 bridgehead atoms. The van der Waals surface area contributed by atoms with Gasteiger partial charge in [0.15, 0.2) is 28.8 Å². The first-order valence-electron chi connectivity index (χ1n) is 3.05. The molecule has 0 saturated heterocycles. The van der Waals surface area contributed by atoms with Crippen molar-refractivity contribution < 1.29 is 3.07 Å². The Balaban J connectivity index is 3.37. The number of halogens is 1. The van der Waals surface area contributed by atoms with Crippen molar-refractivity contribution in [2.75, 3.05) is 0 Å². The summed E-state index contributed by atoms with van der Waals surface area (Å²) >= 11 is 1.67. The Morgan fingerprint density at radius 3 is 2.50 bits per heavy atom. The molecule has 0 N–H and O–H groups in total. The monoisotopic (exact) mass is 270 g/mol. The first kappa shape index (κ1) is 8.82. The van der Waals surface area contributed by atoms with Gasteiger partial charge < -0.3 is 3.07 Å². The van der Waals surface area contributed by atoms with Crippen molar-refractivity contribution >= 4 is 23.0 Å². The molecule has 0 amide bonds. The lowest BCUT2D eigenvalue weighted by Crippen LogP contribution is -1.86. The molecule has 0 aliphatic carbocycles. The third-order valence-corrected chi connectivity index (χ3v) is 1.82. The van der Waals surface area contributed by atoms with Gasteiger partial charge in [-0.15, -0.1) is 0 Å². The van der Waals surface area contributed by atoms with Gasteiger partial charge in [0.2, 0.25) is 0 Å². The molecule has 4 heteroatoms. The minimum Gasteiger partial charge on any atom is -0.426 e. The van der Waals surface area contributed by atoms with Crippen LogP contribution in [0.5, 0.6) is 5.75 Å². The molecule has 12 heavy (non-hydrogen) atoms. The van der Waals surface area contributed by atoms with Crippen LogP contribution in [0.1, 0.15) is 11.1 Å². The van der Waals surface area contributed by atoms with Gasteiger partial charge in [0.05, 0.1) is 5.56 Å². The van der Waals surface area contributed by atoms with E-state index in [0.29, 0.717) is 11.3 Å². The summed E-state index contributed by atoms with van der Waals surface area (Å²) in [5.74, 6) is 0.428. The molecule has 0 heterocycles. The zero-order valence-electron chi connectivity index (χ0n) is 5.91. The normalized spacial score (nSPS) is 8.25. The Labute approximate surface area is 83.9 Å². The molecule has 0 fully saturated rings. The molecule has 0 atom stereocenters. The van der Waals surface area contributed by atoms with Crippen LogP contribution in [-0.4, -0.2) is 0 Å². The number of hydrogen-bond acceptors (Lipinski definition) is 3. The smallest absolute Gasteiger partial charge is 0.192 e. The Hall–Kier alpha value is -1.27. The highest BCUT2D eigenvalue weighted by atomic mass is 127. The molecule has 0 spiro atoms. The zero-order valence-corrected chi connectivity index (χ0v) is 8.07. The van der Waals surface area contributed by atoms with Crippen LogP contribution in [0.25, 0.3) is 0 Å². The average Bonchev–Trinajstić information content (AvgIpc) is 2.16. The SMILES string of the molecule is N#Cc1cccc(OI)c1C#N. The van der Waals surface area contributed by atoms with Crippen molar-refractivity contribution in [1.82, 2.24) is 0 Å². The van der Waals surface area contributed by atoms with E-state index >= 15 is 0 Å². The summed E-state index contributed by atoms with van der Waals surface area (Å²) in [6.07, 6.45) is 0. The second-order valence-corrected chi connectivity index (χ2v) is 2.42. The molecule has 0 aromatic heterocycles. The maximum Gasteiger partial charge on any atom is 0.192 e. The van der Waals surface area contributed by atoms with Crippen LogP contribution in [0.15, 0.2) is 18.2 Å². The van der Waals surface area contributed by atoms with Crippen LogP contribution in [0, 0.1) is 22.7 Å². The molecular weight excluding hydrogens is 267 g/mol. The number of rotatable bonds is 1. The molecule has 1 aromatic rings.